The van der Waals surface area contributed by atoms with Gasteiger partial charge in [-0.2, -0.15) is 18.3 Å². The summed E-state index contributed by atoms with van der Waals surface area (Å²) in [6.07, 6.45) is 1.06. The van der Waals surface area contributed by atoms with Gasteiger partial charge in [0, 0.05) is 6.20 Å². The van der Waals surface area contributed by atoms with E-state index < -0.39 is 12.1 Å². The van der Waals surface area contributed by atoms with Gasteiger partial charge in [-0.1, -0.05) is 6.08 Å². The Bertz CT molecular complexity index is 900. The third kappa shape index (κ3) is 2.95. The molecule has 5 nitrogen and oxygen atoms in total. The van der Waals surface area contributed by atoms with E-state index in [2.05, 4.69) is 10.1 Å². The number of ether oxygens (including phenoxy) is 2. The molecule has 2 aliphatic rings. The van der Waals surface area contributed by atoms with Gasteiger partial charge in [0.1, 0.15) is 12.4 Å². The van der Waals surface area contributed by atoms with E-state index in [-0.39, 0.29) is 6.42 Å². The fraction of sp³-hybridized carbons (Fsp3) is 0.333. The van der Waals surface area contributed by atoms with Crippen LogP contribution in [0.25, 0.3) is 11.1 Å². The number of pyridine rings is 1. The largest absolute Gasteiger partial charge is 0.475 e. The molecule has 0 aromatic carbocycles. The Morgan fingerprint density at radius 1 is 1.35 bits per heavy atom. The molecule has 1 atom stereocenters. The second kappa shape index (κ2) is 6.19. The first-order valence-corrected chi connectivity index (χ1v) is 8.22. The van der Waals surface area contributed by atoms with Crippen LogP contribution in [-0.4, -0.2) is 27.5 Å². The van der Waals surface area contributed by atoms with Crippen LogP contribution in [0.1, 0.15) is 12.1 Å². The Kier molecular flexibility index (Phi) is 3.97. The predicted octanol–water partition coefficient (Wildman–Crippen LogP) is 4.05. The van der Waals surface area contributed by atoms with Gasteiger partial charge >= 0.3 is 6.18 Å². The molecule has 4 rings (SSSR count). The second-order valence-electron chi connectivity index (χ2n) is 6.14. The van der Waals surface area contributed by atoms with Crippen LogP contribution in [0.15, 0.2) is 42.3 Å². The van der Waals surface area contributed by atoms with E-state index in [1.807, 2.05) is 13.0 Å². The number of halogens is 3. The van der Waals surface area contributed by atoms with Crippen molar-refractivity contribution in [2.24, 2.45) is 5.92 Å². The number of rotatable bonds is 3. The quantitative estimate of drug-likeness (QED) is 0.826. The normalized spacial score (nSPS) is 19.1. The van der Waals surface area contributed by atoms with Gasteiger partial charge in [0.15, 0.2) is 0 Å². The van der Waals surface area contributed by atoms with E-state index in [1.54, 1.807) is 16.9 Å². The molecule has 8 heteroatoms. The van der Waals surface area contributed by atoms with Crippen molar-refractivity contribution in [3.05, 3.63) is 48.0 Å². The van der Waals surface area contributed by atoms with Crippen molar-refractivity contribution in [2.75, 3.05) is 6.61 Å². The van der Waals surface area contributed by atoms with Crippen molar-refractivity contribution in [1.82, 2.24) is 14.8 Å². The average molecular weight is 363 g/mol. The topological polar surface area (TPSA) is 49.2 Å². The molecule has 2 aromatic rings. The molecular weight excluding hydrogens is 347 g/mol. The molecule has 2 aromatic heterocycles. The summed E-state index contributed by atoms with van der Waals surface area (Å²) in [5.41, 5.74) is 2.27. The van der Waals surface area contributed by atoms with E-state index in [1.165, 1.54) is 12.2 Å². The van der Waals surface area contributed by atoms with Crippen molar-refractivity contribution >= 4 is 0 Å². The van der Waals surface area contributed by atoms with E-state index in [4.69, 9.17) is 9.47 Å². The summed E-state index contributed by atoms with van der Waals surface area (Å²) < 4.78 is 51.5. The average Bonchev–Trinajstić information content (AvgIpc) is 3.15. The number of fused-ring (bicyclic) bond motifs is 1. The Hall–Kier alpha value is -2.77. The minimum Gasteiger partial charge on any atom is -0.475 e. The minimum atomic E-state index is -4.25. The lowest BCUT2D eigenvalue weighted by molar-refractivity contribution is -0.160. The highest BCUT2D eigenvalue weighted by atomic mass is 19.4. The van der Waals surface area contributed by atoms with Crippen LogP contribution in [0.2, 0.25) is 0 Å². The fourth-order valence-corrected chi connectivity index (χ4v) is 3.09. The van der Waals surface area contributed by atoms with Crippen molar-refractivity contribution in [1.29, 1.82) is 0 Å². The summed E-state index contributed by atoms with van der Waals surface area (Å²) in [4.78, 5) is 4.25. The van der Waals surface area contributed by atoms with Crippen LogP contribution < -0.4 is 9.47 Å². The van der Waals surface area contributed by atoms with Crippen LogP contribution in [0.5, 0.6) is 11.8 Å². The third-order valence-corrected chi connectivity index (χ3v) is 4.36. The first kappa shape index (κ1) is 16.7. The SMILES string of the molecule is Cc1nn2c(c1-c1cccnc1OC1=CCC(C(F)(F)F)C=C1)OCC2. The first-order chi connectivity index (χ1) is 12.4. The molecule has 3 heterocycles. The molecular formula is C18H16F3N3O2. The molecule has 0 radical (unpaired) electrons. The highest BCUT2D eigenvalue weighted by molar-refractivity contribution is 5.75. The van der Waals surface area contributed by atoms with Crippen molar-refractivity contribution in [3.63, 3.8) is 0 Å². The summed E-state index contributed by atoms with van der Waals surface area (Å²) in [7, 11) is 0. The summed E-state index contributed by atoms with van der Waals surface area (Å²) in [5.74, 6) is -0.172. The van der Waals surface area contributed by atoms with Crippen molar-refractivity contribution < 1.29 is 22.6 Å². The van der Waals surface area contributed by atoms with Crippen LogP contribution in [0.3, 0.4) is 0 Å². The van der Waals surface area contributed by atoms with Gasteiger partial charge in [0.2, 0.25) is 11.8 Å². The molecule has 136 valence electrons. The lowest BCUT2D eigenvalue weighted by Gasteiger charge is -2.19. The van der Waals surface area contributed by atoms with Gasteiger partial charge in [-0.15, -0.1) is 0 Å². The summed E-state index contributed by atoms with van der Waals surface area (Å²) in [6.45, 7) is 3.10. The number of alkyl halides is 3. The molecule has 0 bridgehead atoms. The lowest BCUT2D eigenvalue weighted by Crippen LogP contribution is -2.22. The van der Waals surface area contributed by atoms with Gasteiger partial charge in [-0.25, -0.2) is 9.67 Å². The summed E-state index contributed by atoms with van der Waals surface area (Å²) >= 11 is 0. The zero-order valence-corrected chi connectivity index (χ0v) is 14.0. The number of aryl methyl sites for hydroxylation is 1. The first-order valence-electron chi connectivity index (χ1n) is 8.22. The zero-order chi connectivity index (χ0) is 18.3. The number of aromatic nitrogens is 3. The number of hydrogen-bond acceptors (Lipinski definition) is 4. The summed E-state index contributed by atoms with van der Waals surface area (Å²) in [6, 6.07) is 3.60. The maximum absolute atomic E-state index is 12.8. The molecule has 0 saturated carbocycles. The Morgan fingerprint density at radius 2 is 2.19 bits per heavy atom. The van der Waals surface area contributed by atoms with E-state index in [9.17, 15) is 13.2 Å². The molecule has 0 fully saturated rings. The number of hydrogen-bond donors (Lipinski definition) is 0. The zero-order valence-electron chi connectivity index (χ0n) is 14.0. The molecule has 1 aliphatic heterocycles. The van der Waals surface area contributed by atoms with Crippen LogP contribution in [-0.2, 0) is 6.54 Å². The van der Waals surface area contributed by atoms with Crippen LogP contribution in [0.4, 0.5) is 13.2 Å². The van der Waals surface area contributed by atoms with Gasteiger partial charge in [0.25, 0.3) is 0 Å². The van der Waals surface area contributed by atoms with Gasteiger partial charge < -0.3 is 9.47 Å². The lowest BCUT2D eigenvalue weighted by atomic mass is 10.00. The molecule has 0 N–H and O–H groups in total. The van der Waals surface area contributed by atoms with Crippen LogP contribution >= 0.6 is 0 Å². The van der Waals surface area contributed by atoms with Crippen LogP contribution in [0, 0.1) is 12.8 Å². The van der Waals surface area contributed by atoms with E-state index in [0.717, 1.165) is 17.3 Å². The molecule has 26 heavy (non-hydrogen) atoms. The Morgan fingerprint density at radius 3 is 2.92 bits per heavy atom. The highest BCUT2D eigenvalue weighted by Gasteiger charge is 2.38. The minimum absolute atomic E-state index is 0.150. The summed E-state index contributed by atoms with van der Waals surface area (Å²) in [5, 5.41) is 4.45. The predicted molar refractivity (Wildman–Crippen MR) is 87.7 cm³/mol. The number of nitrogens with zero attached hydrogens (tertiary/aromatic N) is 3. The second-order valence-corrected chi connectivity index (χ2v) is 6.14. The monoisotopic (exact) mass is 363 g/mol. The smallest absolute Gasteiger partial charge is 0.395 e. The Balaban J connectivity index is 1.63. The number of allylic oxidation sites excluding steroid dienone is 3. The van der Waals surface area contributed by atoms with Crippen molar-refractivity contribution in [3.8, 4) is 22.9 Å². The molecule has 0 amide bonds. The molecule has 0 saturated heterocycles. The fourth-order valence-electron chi connectivity index (χ4n) is 3.09. The highest BCUT2D eigenvalue weighted by Crippen LogP contribution is 2.40. The maximum Gasteiger partial charge on any atom is 0.395 e. The van der Waals surface area contributed by atoms with E-state index >= 15 is 0 Å². The van der Waals surface area contributed by atoms with Gasteiger partial charge in [0.05, 0.1) is 29.3 Å². The maximum atomic E-state index is 12.8. The van der Waals surface area contributed by atoms with E-state index in [0.29, 0.717) is 36.2 Å². The standard InChI is InChI=1S/C18H16F3N3O2/c1-11-15(17-24(23-11)9-10-25-17)14-3-2-8-22-16(14)26-13-6-4-12(5-7-13)18(19,20)21/h2-4,6-8,12H,5,9-10H2,1H3. The molecule has 1 unspecified atom stereocenters. The van der Waals surface area contributed by atoms with Gasteiger partial charge in [-0.3, -0.25) is 0 Å². The third-order valence-electron chi connectivity index (χ3n) is 4.36. The molecule has 1 aliphatic carbocycles. The van der Waals surface area contributed by atoms with Crippen molar-refractivity contribution in [2.45, 2.75) is 26.1 Å². The van der Waals surface area contributed by atoms with Gasteiger partial charge in [-0.05, 0) is 37.6 Å². The molecule has 0 spiro atoms. The Labute approximate surface area is 147 Å².